The van der Waals surface area contributed by atoms with E-state index in [9.17, 15) is 4.79 Å². The lowest BCUT2D eigenvalue weighted by molar-refractivity contribution is -0.153. The number of benzene rings is 1. The molecule has 0 amide bonds. The van der Waals surface area contributed by atoms with Crippen LogP contribution >= 0.6 is 15.9 Å². The van der Waals surface area contributed by atoms with E-state index in [1.54, 1.807) is 0 Å². The first-order chi connectivity index (χ1) is 8.55. The Morgan fingerprint density at radius 2 is 2.06 bits per heavy atom. The molecule has 98 valence electrons. The normalized spacial score (nSPS) is 26.3. The number of carbonyl (C=O) groups is 1. The summed E-state index contributed by atoms with van der Waals surface area (Å²) in [6.45, 7) is 4.42. The van der Waals surface area contributed by atoms with Gasteiger partial charge in [-0.15, -0.1) is 0 Å². The number of carbonyl (C=O) groups excluding carboxylic acids is 1. The van der Waals surface area contributed by atoms with Gasteiger partial charge in [-0.05, 0) is 49.9 Å². The van der Waals surface area contributed by atoms with Crippen molar-refractivity contribution in [3.05, 3.63) is 28.7 Å². The van der Waals surface area contributed by atoms with E-state index in [1.807, 2.05) is 31.2 Å². The fourth-order valence-corrected chi connectivity index (χ4v) is 2.79. The van der Waals surface area contributed by atoms with Gasteiger partial charge in [0, 0.05) is 10.2 Å². The molecule has 1 aliphatic carbocycles. The molecule has 1 aromatic carbocycles. The van der Waals surface area contributed by atoms with Crippen molar-refractivity contribution in [3.8, 4) is 0 Å². The van der Waals surface area contributed by atoms with Gasteiger partial charge in [0.05, 0.1) is 6.61 Å². The number of halogens is 1. The van der Waals surface area contributed by atoms with E-state index in [4.69, 9.17) is 4.74 Å². The van der Waals surface area contributed by atoms with Crippen molar-refractivity contribution >= 4 is 27.6 Å². The summed E-state index contributed by atoms with van der Waals surface area (Å²) in [6.07, 6.45) is 1.67. The van der Waals surface area contributed by atoms with Crippen molar-refractivity contribution in [2.24, 2.45) is 5.92 Å². The molecule has 1 aromatic rings. The molecule has 0 unspecified atom stereocenters. The second-order valence-electron chi connectivity index (χ2n) is 4.95. The molecule has 0 atom stereocenters. The molecule has 3 nitrogen and oxygen atoms in total. The second kappa shape index (κ2) is 5.31. The molecule has 0 heterocycles. The fourth-order valence-electron chi connectivity index (χ4n) is 2.53. The number of nitrogens with one attached hydrogen (secondary N) is 1. The first kappa shape index (κ1) is 13.4. The Bertz CT molecular complexity index is 424. The summed E-state index contributed by atoms with van der Waals surface area (Å²) in [6, 6.07) is 7.86. The maximum absolute atomic E-state index is 12.1. The largest absolute Gasteiger partial charge is 0.464 e. The van der Waals surface area contributed by atoms with Crippen LogP contribution in [-0.2, 0) is 9.53 Å². The number of esters is 1. The van der Waals surface area contributed by atoms with Gasteiger partial charge < -0.3 is 10.1 Å². The zero-order valence-electron chi connectivity index (χ0n) is 10.7. The maximum Gasteiger partial charge on any atom is 0.331 e. The Morgan fingerprint density at radius 3 is 2.56 bits per heavy atom. The molecule has 1 saturated carbocycles. The molecule has 0 bridgehead atoms. The lowest BCUT2D eigenvalue weighted by atomic mass is 9.69. The Morgan fingerprint density at radius 1 is 1.44 bits per heavy atom. The minimum Gasteiger partial charge on any atom is -0.464 e. The number of ether oxygens (including phenoxy) is 1. The molecular weight excluding hydrogens is 294 g/mol. The molecule has 0 aromatic heterocycles. The van der Waals surface area contributed by atoms with E-state index in [0.717, 1.165) is 23.0 Å². The van der Waals surface area contributed by atoms with Crippen LogP contribution in [0.5, 0.6) is 0 Å². The molecule has 0 spiro atoms. The Kier molecular flexibility index (Phi) is 3.95. The zero-order chi connectivity index (χ0) is 13.2. The molecule has 0 aliphatic heterocycles. The van der Waals surface area contributed by atoms with Gasteiger partial charge in [0.25, 0.3) is 0 Å². The highest BCUT2D eigenvalue weighted by Crippen LogP contribution is 2.41. The fraction of sp³-hybridized carbons (Fsp3) is 0.500. The van der Waals surface area contributed by atoms with Crippen molar-refractivity contribution in [1.82, 2.24) is 0 Å². The highest BCUT2D eigenvalue weighted by atomic mass is 79.9. The molecule has 1 fully saturated rings. The summed E-state index contributed by atoms with van der Waals surface area (Å²) < 4.78 is 6.21. The van der Waals surface area contributed by atoms with E-state index >= 15 is 0 Å². The summed E-state index contributed by atoms with van der Waals surface area (Å²) in [4.78, 5) is 12.1. The van der Waals surface area contributed by atoms with Crippen LogP contribution in [-0.4, -0.2) is 18.1 Å². The van der Waals surface area contributed by atoms with Crippen LogP contribution in [0.2, 0.25) is 0 Å². The van der Waals surface area contributed by atoms with Crippen molar-refractivity contribution < 1.29 is 9.53 Å². The number of anilines is 1. The molecule has 2 rings (SSSR count). The Balaban J connectivity index is 2.11. The Labute approximate surface area is 116 Å². The molecule has 0 saturated heterocycles. The minimum absolute atomic E-state index is 0.133. The van der Waals surface area contributed by atoms with Gasteiger partial charge in [-0.1, -0.05) is 22.9 Å². The van der Waals surface area contributed by atoms with Gasteiger partial charge in [-0.25, -0.2) is 4.79 Å². The van der Waals surface area contributed by atoms with Crippen molar-refractivity contribution in [3.63, 3.8) is 0 Å². The van der Waals surface area contributed by atoms with E-state index in [0.29, 0.717) is 12.5 Å². The maximum atomic E-state index is 12.1. The number of rotatable bonds is 4. The van der Waals surface area contributed by atoms with Gasteiger partial charge in [0.15, 0.2) is 0 Å². The van der Waals surface area contributed by atoms with Crippen molar-refractivity contribution in [1.29, 1.82) is 0 Å². The molecule has 4 heteroatoms. The molecule has 1 aliphatic rings. The zero-order valence-corrected chi connectivity index (χ0v) is 12.3. The van der Waals surface area contributed by atoms with Crippen LogP contribution in [0, 0.1) is 5.92 Å². The second-order valence-corrected chi connectivity index (χ2v) is 5.86. The Hall–Kier alpha value is -1.03. The van der Waals surface area contributed by atoms with Crippen molar-refractivity contribution in [2.45, 2.75) is 32.2 Å². The third kappa shape index (κ3) is 2.69. The first-order valence-electron chi connectivity index (χ1n) is 6.27. The quantitative estimate of drug-likeness (QED) is 0.864. The highest BCUT2D eigenvalue weighted by Gasteiger charge is 2.49. The summed E-state index contributed by atoms with van der Waals surface area (Å²) >= 11 is 3.40. The smallest absolute Gasteiger partial charge is 0.331 e. The topological polar surface area (TPSA) is 38.3 Å². The van der Waals surface area contributed by atoms with Crippen LogP contribution in [0.4, 0.5) is 5.69 Å². The van der Waals surface area contributed by atoms with Gasteiger partial charge in [-0.2, -0.15) is 0 Å². The van der Waals surface area contributed by atoms with Crippen LogP contribution in [0.25, 0.3) is 0 Å². The average molecular weight is 312 g/mol. The predicted molar refractivity (Wildman–Crippen MR) is 75.5 cm³/mol. The van der Waals surface area contributed by atoms with Crippen LogP contribution in [0.1, 0.15) is 26.7 Å². The van der Waals surface area contributed by atoms with Gasteiger partial charge in [0.2, 0.25) is 0 Å². The molecule has 1 N–H and O–H groups in total. The van der Waals surface area contributed by atoms with Crippen LogP contribution in [0.3, 0.4) is 0 Å². The average Bonchev–Trinajstić information content (AvgIpc) is 2.30. The standard InChI is InChI=1S/C14H18BrNO2/c1-3-18-13(17)14(8-10(2)9-14)16-12-6-4-11(15)5-7-12/h4-7,10,16H,3,8-9H2,1-2H3. The molecule has 0 radical (unpaired) electrons. The SMILES string of the molecule is CCOC(=O)C1(Nc2ccc(Br)cc2)CC(C)C1. The third-order valence-electron chi connectivity index (χ3n) is 3.29. The van der Waals surface area contributed by atoms with Gasteiger partial charge in [0.1, 0.15) is 5.54 Å². The summed E-state index contributed by atoms with van der Waals surface area (Å²) in [5.74, 6) is 0.434. The van der Waals surface area contributed by atoms with E-state index in [-0.39, 0.29) is 5.97 Å². The van der Waals surface area contributed by atoms with E-state index in [2.05, 4.69) is 28.2 Å². The van der Waals surface area contributed by atoms with Gasteiger partial charge in [-0.3, -0.25) is 0 Å². The third-order valence-corrected chi connectivity index (χ3v) is 3.82. The number of hydrogen-bond donors (Lipinski definition) is 1. The molecular formula is C14H18BrNO2. The highest BCUT2D eigenvalue weighted by molar-refractivity contribution is 9.10. The van der Waals surface area contributed by atoms with Crippen LogP contribution in [0.15, 0.2) is 28.7 Å². The van der Waals surface area contributed by atoms with Crippen molar-refractivity contribution in [2.75, 3.05) is 11.9 Å². The summed E-state index contributed by atoms with van der Waals surface area (Å²) in [7, 11) is 0. The molecule has 18 heavy (non-hydrogen) atoms. The lowest BCUT2D eigenvalue weighted by Gasteiger charge is -2.45. The monoisotopic (exact) mass is 311 g/mol. The lowest BCUT2D eigenvalue weighted by Crippen LogP contribution is -2.56. The minimum atomic E-state index is -0.525. The van der Waals surface area contributed by atoms with E-state index < -0.39 is 5.54 Å². The first-order valence-corrected chi connectivity index (χ1v) is 7.06. The summed E-state index contributed by atoms with van der Waals surface area (Å²) in [5, 5.41) is 3.34. The number of hydrogen-bond acceptors (Lipinski definition) is 3. The van der Waals surface area contributed by atoms with Gasteiger partial charge >= 0.3 is 5.97 Å². The summed E-state index contributed by atoms with van der Waals surface area (Å²) in [5.41, 5.74) is 0.432. The van der Waals surface area contributed by atoms with E-state index in [1.165, 1.54) is 0 Å². The predicted octanol–water partition coefficient (Wildman–Crippen LogP) is 3.59. The van der Waals surface area contributed by atoms with Crippen LogP contribution < -0.4 is 5.32 Å².